The number of carbonyl (C=O) groups is 1. The number of amides is 1. The molecular weight excluding hydrogens is 419 g/mol. The molecule has 1 aliphatic rings. The molecule has 0 spiro atoms. The van der Waals surface area contributed by atoms with E-state index >= 15 is 0 Å². The van der Waals surface area contributed by atoms with Crippen molar-refractivity contribution in [3.05, 3.63) is 72.3 Å². The lowest BCUT2D eigenvalue weighted by Gasteiger charge is -2.33. The van der Waals surface area contributed by atoms with E-state index < -0.39 is 0 Å². The highest BCUT2D eigenvalue weighted by molar-refractivity contribution is 5.76. The van der Waals surface area contributed by atoms with Gasteiger partial charge in [-0.1, -0.05) is 36.4 Å². The van der Waals surface area contributed by atoms with Crippen LogP contribution in [0, 0.1) is 5.82 Å². The third-order valence-corrected chi connectivity index (χ3v) is 5.83. The SMILES string of the molecule is CN(C)c1ncc(-c2ccccc2)c([C@@H]2CCCN(C(=O)CCOc3cccc(F)c3)C2)n1. The van der Waals surface area contributed by atoms with Crippen molar-refractivity contribution >= 4 is 11.9 Å². The number of benzene rings is 2. The molecule has 1 fully saturated rings. The second kappa shape index (κ2) is 10.4. The molecule has 0 aliphatic carbocycles. The lowest BCUT2D eigenvalue weighted by atomic mass is 9.90. The zero-order chi connectivity index (χ0) is 23.2. The molecule has 33 heavy (non-hydrogen) atoms. The summed E-state index contributed by atoms with van der Waals surface area (Å²) >= 11 is 0. The van der Waals surface area contributed by atoms with Crippen LogP contribution in [0.15, 0.2) is 60.8 Å². The molecule has 1 saturated heterocycles. The van der Waals surface area contributed by atoms with Crippen LogP contribution in [0.3, 0.4) is 0 Å². The second-order valence-electron chi connectivity index (χ2n) is 8.46. The standard InChI is InChI=1S/C26H29FN4O2/c1-30(2)26-28-17-23(19-8-4-3-5-9-19)25(29-26)20-10-7-14-31(18-20)24(32)13-15-33-22-12-6-11-21(27)16-22/h3-6,8-9,11-12,16-17,20H,7,10,13-15,18H2,1-2H3/t20-/m1/s1. The van der Waals surface area contributed by atoms with E-state index in [0.717, 1.165) is 36.2 Å². The van der Waals surface area contributed by atoms with Crippen molar-refractivity contribution in [1.29, 1.82) is 0 Å². The molecule has 3 aromatic rings. The van der Waals surface area contributed by atoms with E-state index in [2.05, 4.69) is 17.1 Å². The van der Waals surface area contributed by atoms with Crippen molar-refractivity contribution in [1.82, 2.24) is 14.9 Å². The quantitative estimate of drug-likeness (QED) is 0.532. The number of rotatable bonds is 7. The Kier molecular flexibility index (Phi) is 7.17. The van der Waals surface area contributed by atoms with E-state index in [9.17, 15) is 9.18 Å². The normalized spacial score (nSPS) is 15.8. The number of nitrogens with zero attached hydrogens (tertiary/aromatic N) is 4. The molecule has 0 bridgehead atoms. The number of likely N-dealkylation sites (tertiary alicyclic amines) is 1. The van der Waals surface area contributed by atoms with Gasteiger partial charge in [-0.25, -0.2) is 14.4 Å². The average molecular weight is 449 g/mol. The largest absolute Gasteiger partial charge is 0.493 e. The van der Waals surface area contributed by atoms with Crippen molar-refractivity contribution in [2.45, 2.75) is 25.2 Å². The molecule has 2 heterocycles. The summed E-state index contributed by atoms with van der Waals surface area (Å²) in [6.45, 7) is 1.56. The van der Waals surface area contributed by atoms with Crippen molar-refractivity contribution in [3.8, 4) is 16.9 Å². The minimum atomic E-state index is -0.353. The van der Waals surface area contributed by atoms with Gasteiger partial charge in [-0.3, -0.25) is 4.79 Å². The van der Waals surface area contributed by atoms with Crippen LogP contribution >= 0.6 is 0 Å². The number of halogens is 1. The Morgan fingerprint density at radius 3 is 2.76 bits per heavy atom. The second-order valence-corrected chi connectivity index (χ2v) is 8.46. The minimum absolute atomic E-state index is 0.0410. The molecule has 1 atom stereocenters. The third-order valence-electron chi connectivity index (χ3n) is 5.83. The van der Waals surface area contributed by atoms with Gasteiger partial charge in [-0.05, 0) is 30.5 Å². The highest BCUT2D eigenvalue weighted by Gasteiger charge is 2.28. The number of hydrogen-bond acceptors (Lipinski definition) is 5. The van der Waals surface area contributed by atoms with Crippen LogP contribution in [0.4, 0.5) is 10.3 Å². The van der Waals surface area contributed by atoms with E-state index in [1.165, 1.54) is 12.1 Å². The molecule has 1 amide bonds. The lowest BCUT2D eigenvalue weighted by molar-refractivity contribution is -0.132. The Morgan fingerprint density at radius 1 is 1.18 bits per heavy atom. The predicted octanol–water partition coefficient (Wildman–Crippen LogP) is 4.52. The smallest absolute Gasteiger partial charge is 0.226 e. The van der Waals surface area contributed by atoms with Crippen LogP contribution in [0.5, 0.6) is 5.75 Å². The van der Waals surface area contributed by atoms with Gasteiger partial charge in [-0.2, -0.15) is 0 Å². The molecule has 0 saturated carbocycles. The van der Waals surface area contributed by atoms with Crippen molar-refractivity contribution in [2.75, 3.05) is 38.7 Å². The topological polar surface area (TPSA) is 58.6 Å². The fraction of sp³-hybridized carbons (Fsp3) is 0.346. The summed E-state index contributed by atoms with van der Waals surface area (Å²) in [5.41, 5.74) is 3.06. The van der Waals surface area contributed by atoms with Crippen LogP contribution < -0.4 is 9.64 Å². The molecule has 172 valence electrons. The molecule has 6 nitrogen and oxygen atoms in total. The monoisotopic (exact) mass is 448 g/mol. The number of aromatic nitrogens is 2. The van der Waals surface area contributed by atoms with E-state index in [1.54, 1.807) is 12.1 Å². The van der Waals surface area contributed by atoms with Crippen molar-refractivity contribution in [3.63, 3.8) is 0 Å². The number of hydrogen-bond donors (Lipinski definition) is 0. The highest BCUT2D eigenvalue weighted by atomic mass is 19.1. The van der Waals surface area contributed by atoms with Gasteiger partial charge in [0.2, 0.25) is 11.9 Å². The minimum Gasteiger partial charge on any atom is -0.493 e. The van der Waals surface area contributed by atoms with Gasteiger partial charge in [0.15, 0.2) is 0 Å². The summed E-state index contributed by atoms with van der Waals surface area (Å²) in [5, 5.41) is 0. The van der Waals surface area contributed by atoms with Gasteiger partial charge in [0.25, 0.3) is 0 Å². The average Bonchev–Trinajstić information content (AvgIpc) is 2.84. The molecule has 7 heteroatoms. The van der Waals surface area contributed by atoms with Crippen LogP contribution in [0.25, 0.3) is 11.1 Å². The van der Waals surface area contributed by atoms with E-state index in [4.69, 9.17) is 9.72 Å². The van der Waals surface area contributed by atoms with Gasteiger partial charge >= 0.3 is 0 Å². The summed E-state index contributed by atoms with van der Waals surface area (Å²) < 4.78 is 18.9. The maximum absolute atomic E-state index is 13.3. The number of piperidine rings is 1. The summed E-state index contributed by atoms with van der Waals surface area (Å²) in [6, 6.07) is 16.1. The molecule has 0 unspecified atom stereocenters. The summed E-state index contributed by atoms with van der Waals surface area (Å²) in [5.74, 6) is 0.914. The fourth-order valence-electron chi connectivity index (χ4n) is 4.15. The summed E-state index contributed by atoms with van der Waals surface area (Å²) in [4.78, 5) is 26.1. The Morgan fingerprint density at radius 2 is 2.00 bits per heavy atom. The predicted molar refractivity (Wildman–Crippen MR) is 127 cm³/mol. The summed E-state index contributed by atoms with van der Waals surface area (Å²) in [6.07, 6.45) is 4.02. The number of anilines is 1. The maximum atomic E-state index is 13.3. The van der Waals surface area contributed by atoms with Crippen LogP contribution in [0.1, 0.15) is 30.9 Å². The first-order chi connectivity index (χ1) is 16.0. The van der Waals surface area contributed by atoms with Gasteiger partial charge in [-0.15, -0.1) is 0 Å². The molecule has 1 aliphatic heterocycles. The first-order valence-corrected chi connectivity index (χ1v) is 11.3. The van der Waals surface area contributed by atoms with E-state index in [-0.39, 0.29) is 30.7 Å². The third kappa shape index (κ3) is 5.66. The van der Waals surface area contributed by atoms with Gasteiger partial charge in [0.1, 0.15) is 11.6 Å². The highest BCUT2D eigenvalue weighted by Crippen LogP contribution is 2.34. The number of ether oxygens (including phenoxy) is 1. The molecule has 0 N–H and O–H groups in total. The van der Waals surface area contributed by atoms with Crippen molar-refractivity contribution in [2.24, 2.45) is 0 Å². The lowest BCUT2D eigenvalue weighted by Crippen LogP contribution is -2.40. The Bertz CT molecular complexity index is 1090. The Balaban J connectivity index is 1.47. The summed E-state index contributed by atoms with van der Waals surface area (Å²) in [7, 11) is 3.85. The van der Waals surface area contributed by atoms with Crippen molar-refractivity contribution < 1.29 is 13.9 Å². The molecule has 4 rings (SSSR count). The van der Waals surface area contributed by atoms with Crippen LogP contribution in [-0.4, -0.2) is 54.6 Å². The maximum Gasteiger partial charge on any atom is 0.226 e. The zero-order valence-electron chi connectivity index (χ0n) is 19.1. The van der Waals surface area contributed by atoms with Crippen LogP contribution in [0.2, 0.25) is 0 Å². The molecule has 2 aromatic carbocycles. The van der Waals surface area contributed by atoms with Gasteiger partial charge in [0.05, 0.1) is 18.7 Å². The molecule has 0 radical (unpaired) electrons. The van der Waals surface area contributed by atoms with Crippen LogP contribution in [-0.2, 0) is 4.79 Å². The Labute approximate surface area is 194 Å². The van der Waals surface area contributed by atoms with Gasteiger partial charge < -0.3 is 14.5 Å². The molecule has 1 aromatic heterocycles. The molecular formula is C26H29FN4O2. The fourth-order valence-corrected chi connectivity index (χ4v) is 4.15. The van der Waals surface area contributed by atoms with Gasteiger partial charge in [0, 0.05) is 50.9 Å². The Hall–Kier alpha value is -3.48. The zero-order valence-corrected chi connectivity index (χ0v) is 19.1. The number of carbonyl (C=O) groups excluding carboxylic acids is 1. The van der Waals surface area contributed by atoms with E-state index in [1.807, 2.05) is 48.3 Å². The van der Waals surface area contributed by atoms with E-state index in [0.29, 0.717) is 18.2 Å². The first kappa shape index (κ1) is 22.7. The first-order valence-electron chi connectivity index (χ1n) is 11.3.